The van der Waals surface area contributed by atoms with Crippen LogP contribution in [0.2, 0.25) is 0 Å². The zero-order valence-electron chi connectivity index (χ0n) is 18.4. The number of carbonyl (C=O) groups is 2. The smallest absolute Gasteiger partial charge is 0.328 e. The summed E-state index contributed by atoms with van der Waals surface area (Å²) in [4.78, 5) is 20.7. The van der Waals surface area contributed by atoms with Crippen LogP contribution in [0.15, 0.2) is 54.6 Å². The molecule has 0 amide bonds. The maximum atomic E-state index is 10.6. The van der Waals surface area contributed by atoms with Gasteiger partial charge in [-0.05, 0) is 71.9 Å². The standard InChI is InChI=1S/C15H20O3.C10H10O3/c1-11(2)4-5-13-10-14(18-3)8-6-12(13)7-9-15(16)17;1-13-9-5-2-8(3-6-9)4-7-10(11)12/h6-11H,4-5H2,1-3H3,(H,16,17);2-7H,1H3,(H,11,12). The van der Waals surface area contributed by atoms with Gasteiger partial charge < -0.3 is 19.7 Å². The number of carboxylic acids is 2. The fraction of sp³-hybridized carbons (Fsp3) is 0.280. The average molecular weight is 427 g/mol. The monoisotopic (exact) mass is 426 g/mol. The summed E-state index contributed by atoms with van der Waals surface area (Å²) in [5.74, 6) is 0.303. The molecule has 2 N–H and O–H groups in total. The molecule has 0 radical (unpaired) electrons. The van der Waals surface area contributed by atoms with E-state index in [0.717, 1.165) is 47.1 Å². The van der Waals surface area contributed by atoms with Crippen LogP contribution < -0.4 is 9.47 Å². The molecule has 0 aliphatic carbocycles. The number of aliphatic carboxylic acids is 2. The molecule has 0 unspecified atom stereocenters. The van der Waals surface area contributed by atoms with Gasteiger partial charge >= 0.3 is 11.9 Å². The van der Waals surface area contributed by atoms with Crippen molar-refractivity contribution in [2.24, 2.45) is 5.92 Å². The number of benzene rings is 2. The minimum atomic E-state index is -0.948. The molecule has 0 aliphatic rings. The Kier molecular flexibility index (Phi) is 11.2. The molecule has 0 bridgehead atoms. The number of methoxy groups -OCH3 is 2. The summed E-state index contributed by atoms with van der Waals surface area (Å²) in [6.45, 7) is 4.35. The van der Waals surface area contributed by atoms with E-state index in [-0.39, 0.29) is 0 Å². The second-order valence-corrected chi connectivity index (χ2v) is 7.11. The van der Waals surface area contributed by atoms with Gasteiger partial charge in [0.2, 0.25) is 0 Å². The van der Waals surface area contributed by atoms with Crippen LogP contribution in [0.4, 0.5) is 0 Å². The number of aryl methyl sites for hydroxylation is 1. The van der Waals surface area contributed by atoms with Crippen LogP contribution in [0.25, 0.3) is 12.2 Å². The minimum Gasteiger partial charge on any atom is -0.497 e. The third-order valence-corrected chi connectivity index (χ3v) is 4.28. The lowest BCUT2D eigenvalue weighted by molar-refractivity contribution is -0.132. The number of hydrogen-bond donors (Lipinski definition) is 2. The predicted octanol–water partition coefficient (Wildman–Crippen LogP) is 5.17. The van der Waals surface area contributed by atoms with Crippen LogP contribution >= 0.6 is 0 Å². The van der Waals surface area contributed by atoms with Crippen LogP contribution in [0.3, 0.4) is 0 Å². The van der Waals surface area contributed by atoms with E-state index >= 15 is 0 Å². The first-order chi connectivity index (χ1) is 14.7. The highest BCUT2D eigenvalue weighted by atomic mass is 16.5. The molecule has 0 saturated heterocycles. The van der Waals surface area contributed by atoms with Crippen molar-refractivity contribution in [3.8, 4) is 11.5 Å². The molecule has 0 aromatic heterocycles. The second kappa shape index (κ2) is 13.6. The molecule has 0 aliphatic heterocycles. The fourth-order valence-electron chi connectivity index (χ4n) is 2.58. The van der Waals surface area contributed by atoms with Gasteiger partial charge in [-0.2, -0.15) is 0 Å². The van der Waals surface area contributed by atoms with Crippen molar-refractivity contribution in [1.82, 2.24) is 0 Å². The molecule has 0 atom stereocenters. The highest BCUT2D eigenvalue weighted by Gasteiger charge is 2.04. The molecule has 0 heterocycles. The average Bonchev–Trinajstić information content (AvgIpc) is 2.75. The largest absolute Gasteiger partial charge is 0.497 e. The van der Waals surface area contributed by atoms with Crippen LogP contribution in [-0.4, -0.2) is 36.4 Å². The van der Waals surface area contributed by atoms with E-state index in [9.17, 15) is 9.59 Å². The maximum absolute atomic E-state index is 10.6. The van der Waals surface area contributed by atoms with Crippen molar-refractivity contribution in [2.45, 2.75) is 26.7 Å². The molecule has 6 nitrogen and oxygen atoms in total. The molecule has 2 rings (SSSR count). The summed E-state index contributed by atoms with van der Waals surface area (Å²) >= 11 is 0. The van der Waals surface area contributed by atoms with E-state index in [4.69, 9.17) is 19.7 Å². The lowest BCUT2D eigenvalue weighted by atomic mass is 9.98. The Morgan fingerprint density at radius 1 is 0.871 bits per heavy atom. The summed E-state index contributed by atoms with van der Waals surface area (Å²) in [6.07, 6.45) is 7.43. The van der Waals surface area contributed by atoms with E-state index in [1.807, 2.05) is 18.2 Å². The summed E-state index contributed by atoms with van der Waals surface area (Å²) in [6, 6.07) is 12.9. The van der Waals surface area contributed by atoms with E-state index in [2.05, 4.69) is 13.8 Å². The van der Waals surface area contributed by atoms with Gasteiger partial charge in [-0.3, -0.25) is 0 Å². The molecule has 6 heteroatoms. The summed E-state index contributed by atoms with van der Waals surface area (Å²) < 4.78 is 10.2. The molecule has 166 valence electrons. The molecule has 2 aromatic rings. The fourth-order valence-corrected chi connectivity index (χ4v) is 2.58. The van der Waals surface area contributed by atoms with Crippen molar-refractivity contribution in [1.29, 1.82) is 0 Å². The van der Waals surface area contributed by atoms with Gasteiger partial charge in [0, 0.05) is 12.2 Å². The Hall–Kier alpha value is -3.54. The molecule has 0 saturated carbocycles. The Morgan fingerprint density at radius 3 is 1.94 bits per heavy atom. The Bertz CT molecular complexity index is 895. The number of carboxylic acid groups (broad SMARTS) is 2. The second-order valence-electron chi connectivity index (χ2n) is 7.11. The molecule has 31 heavy (non-hydrogen) atoms. The maximum Gasteiger partial charge on any atom is 0.328 e. The normalized spacial score (nSPS) is 10.7. The summed E-state index contributed by atoms with van der Waals surface area (Å²) in [7, 11) is 3.22. The van der Waals surface area contributed by atoms with Crippen LogP contribution in [0.5, 0.6) is 11.5 Å². The van der Waals surface area contributed by atoms with Crippen LogP contribution in [0.1, 0.15) is 37.0 Å². The van der Waals surface area contributed by atoms with Crippen molar-refractivity contribution in [3.63, 3.8) is 0 Å². The first-order valence-electron chi connectivity index (χ1n) is 9.88. The van der Waals surface area contributed by atoms with Crippen molar-refractivity contribution in [3.05, 3.63) is 71.3 Å². The number of hydrogen-bond acceptors (Lipinski definition) is 4. The lowest BCUT2D eigenvalue weighted by Gasteiger charge is -2.10. The van der Waals surface area contributed by atoms with Crippen molar-refractivity contribution >= 4 is 24.1 Å². The van der Waals surface area contributed by atoms with E-state index in [1.54, 1.807) is 44.6 Å². The van der Waals surface area contributed by atoms with Gasteiger partial charge in [0.15, 0.2) is 0 Å². The predicted molar refractivity (Wildman–Crippen MR) is 122 cm³/mol. The van der Waals surface area contributed by atoms with Gasteiger partial charge in [0.05, 0.1) is 14.2 Å². The van der Waals surface area contributed by atoms with Crippen LogP contribution in [0, 0.1) is 5.92 Å². The zero-order chi connectivity index (χ0) is 23.2. The number of rotatable bonds is 9. The third-order valence-electron chi connectivity index (χ3n) is 4.28. The lowest BCUT2D eigenvalue weighted by Crippen LogP contribution is -1.96. The highest BCUT2D eigenvalue weighted by Crippen LogP contribution is 2.21. The molecule has 0 spiro atoms. The van der Waals surface area contributed by atoms with Gasteiger partial charge in [-0.15, -0.1) is 0 Å². The molecule has 2 aromatic carbocycles. The van der Waals surface area contributed by atoms with Gasteiger partial charge in [0.25, 0.3) is 0 Å². The van der Waals surface area contributed by atoms with E-state index in [0.29, 0.717) is 5.92 Å². The van der Waals surface area contributed by atoms with E-state index < -0.39 is 11.9 Å². The number of ether oxygens (including phenoxy) is 2. The van der Waals surface area contributed by atoms with Gasteiger partial charge in [-0.1, -0.05) is 32.0 Å². The van der Waals surface area contributed by atoms with Gasteiger partial charge in [0.1, 0.15) is 11.5 Å². The first kappa shape index (κ1) is 25.5. The molecular weight excluding hydrogens is 396 g/mol. The molecular formula is C25H30O6. The quantitative estimate of drug-likeness (QED) is 0.537. The summed E-state index contributed by atoms with van der Waals surface area (Å²) in [5, 5.41) is 17.0. The zero-order valence-corrected chi connectivity index (χ0v) is 18.4. The topological polar surface area (TPSA) is 93.1 Å². The van der Waals surface area contributed by atoms with Crippen molar-refractivity contribution in [2.75, 3.05) is 14.2 Å². The third kappa shape index (κ3) is 10.7. The first-order valence-corrected chi connectivity index (χ1v) is 9.88. The van der Waals surface area contributed by atoms with Gasteiger partial charge in [-0.25, -0.2) is 9.59 Å². The molecule has 0 fully saturated rings. The Balaban J connectivity index is 0.000000327. The Morgan fingerprint density at radius 2 is 1.42 bits per heavy atom. The van der Waals surface area contributed by atoms with Crippen molar-refractivity contribution < 1.29 is 29.3 Å². The SMILES string of the molecule is COc1ccc(C=CC(=O)O)c(CCC(C)C)c1.COc1ccc(C=CC(=O)O)cc1. The highest BCUT2D eigenvalue weighted by molar-refractivity contribution is 5.86. The van der Waals surface area contributed by atoms with Crippen LogP contribution in [-0.2, 0) is 16.0 Å². The Labute approximate surface area is 183 Å². The minimum absolute atomic E-state index is 0.618. The summed E-state index contributed by atoms with van der Waals surface area (Å²) in [5.41, 5.74) is 2.91. The van der Waals surface area contributed by atoms with E-state index in [1.165, 1.54) is 12.2 Å².